The second kappa shape index (κ2) is 1.93. The lowest BCUT2D eigenvalue weighted by molar-refractivity contribution is -0.122. The van der Waals surface area contributed by atoms with Crippen molar-refractivity contribution >= 4 is 5.91 Å². The third-order valence-corrected chi connectivity index (χ3v) is 1.49. The van der Waals surface area contributed by atoms with Crippen molar-refractivity contribution in [3.8, 4) is 0 Å². The zero-order valence-electron chi connectivity index (χ0n) is 6.03. The molecule has 0 radical (unpaired) electrons. The highest BCUT2D eigenvalue weighted by Gasteiger charge is 2.36. The standard InChI is InChI=1S/C5H10N4O/c1-5(4(6)10)3-9(2)8-7-5/h3H2,1-2H3,(H2,6,10). The predicted octanol–water partition coefficient (Wildman–Crippen LogP) is -0.457. The molecule has 1 rings (SSSR count). The number of hydrogen-bond donors (Lipinski definition) is 1. The molecule has 1 aliphatic heterocycles. The largest absolute Gasteiger partial charge is 0.367 e. The first kappa shape index (κ1) is 6.98. The number of likely N-dealkylation sites (N-methyl/N-ethyl adjacent to an activating group) is 1. The summed E-state index contributed by atoms with van der Waals surface area (Å²) in [6.07, 6.45) is 0. The van der Waals surface area contributed by atoms with Gasteiger partial charge in [0.1, 0.15) is 0 Å². The van der Waals surface area contributed by atoms with E-state index in [0.29, 0.717) is 6.54 Å². The van der Waals surface area contributed by atoms with Gasteiger partial charge in [-0.05, 0) is 6.92 Å². The molecule has 0 fully saturated rings. The van der Waals surface area contributed by atoms with E-state index in [-0.39, 0.29) is 0 Å². The van der Waals surface area contributed by atoms with Gasteiger partial charge in [0.25, 0.3) is 0 Å². The highest BCUT2D eigenvalue weighted by Crippen LogP contribution is 2.18. The van der Waals surface area contributed by atoms with Crippen LogP contribution in [0.3, 0.4) is 0 Å². The number of amides is 1. The zero-order chi connectivity index (χ0) is 7.78. The molecule has 0 spiro atoms. The van der Waals surface area contributed by atoms with Crippen molar-refractivity contribution in [2.45, 2.75) is 12.5 Å². The molecule has 2 N–H and O–H groups in total. The van der Waals surface area contributed by atoms with E-state index in [1.165, 1.54) is 0 Å². The van der Waals surface area contributed by atoms with Gasteiger partial charge in [0, 0.05) is 7.05 Å². The molecule has 0 aromatic heterocycles. The van der Waals surface area contributed by atoms with Crippen LogP contribution in [-0.4, -0.2) is 30.0 Å². The van der Waals surface area contributed by atoms with Gasteiger partial charge in [-0.3, -0.25) is 9.80 Å². The molecule has 1 atom stereocenters. The van der Waals surface area contributed by atoms with Crippen molar-refractivity contribution in [2.24, 2.45) is 16.1 Å². The zero-order valence-corrected chi connectivity index (χ0v) is 6.03. The summed E-state index contributed by atoms with van der Waals surface area (Å²) in [5.41, 5.74) is 4.26. The minimum Gasteiger partial charge on any atom is -0.367 e. The molecule has 0 aromatic carbocycles. The molecule has 1 amide bonds. The van der Waals surface area contributed by atoms with Crippen LogP contribution in [0.1, 0.15) is 6.92 Å². The van der Waals surface area contributed by atoms with E-state index in [1.807, 2.05) is 0 Å². The predicted molar refractivity (Wildman–Crippen MR) is 35.1 cm³/mol. The summed E-state index contributed by atoms with van der Waals surface area (Å²) in [6.45, 7) is 2.14. The second-order valence-corrected chi connectivity index (χ2v) is 2.64. The van der Waals surface area contributed by atoms with Crippen LogP contribution in [0.4, 0.5) is 0 Å². The summed E-state index contributed by atoms with van der Waals surface area (Å²) in [7, 11) is 1.75. The Kier molecular flexibility index (Phi) is 1.35. The van der Waals surface area contributed by atoms with Gasteiger partial charge in [-0.15, -0.1) is 0 Å². The summed E-state index contributed by atoms with van der Waals surface area (Å²) in [5.74, 6) is -0.430. The normalized spacial score (nSPS) is 31.2. The van der Waals surface area contributed by atoms with Crippen molar-refractivity contribution < 1.29 is 4.79 Å². The molecule has 0 saturated heterocycles. The molecule has 1 heterocycles. The average molecular weight is 142 g/mol. The van der Waals surface area contributed by atoms with E-state index >= 15 is 0 Å². The maximum Gasteiger partial charge on any atom is 0.248 e. The van der Waals surface area contributed by atoms with Gasteiger partial charge in [0.15, 0.2) is 5.54 Å². The van der Waals surface area contributed by atoms with E-state index in [0.717, 1.165) is 0 Å². The maximum absolute atomic E-state index is 10.7. The third-order valence-electron chi connectivity index (χ3n) is 1.49. The Morgan fingerprint density at radius 2 is 2.40 bits per heavy atom. The van der Waals surface area contributed by atoms with E-state index in [9.17, 15) is 4.79 Å². The first-order valence-corrected chi connectivity index (χ1v) is 2.98. The fourth-order valence-corrected chi connectivity index (χ4v) is 0.811. The van der Waals surface area contributed by atoms with Crippen LogP contribution in [0, 0.1) is 0 Å². The summed E-state index contributed by atoms with van der Waals surface area (Å²) >= 11 is 0. The molecule has 0 saturated carbocycles. The van der Waals surface area contributed by atoms with Gasteiger partial charge in [0.2, 0.25) is 5.91 Å². The topological polar surface area (TPSA) is 71.0 Å². The number of nitrogens with zero attached hydrogens (tertiary/aromatic N) is 3. The highest BCUT2D eigenvalue weighted by molar-refractivity contribution is 5.84. The molecule has 0 aromatic rings. The number of carbonyl (C=O) groups is 1. The van der Waals surface area contributed by atoms with Crippen molar-refractivity contribution in [1.82, 2.24) is 5.01 Å². The Morgan fingerprint density at radius 1 is 1.80 bits per heavy atom. The van der Waals surface area contributed by atoms with Crippen molar-refractivity contribution in [2.75, 3.05) is 13.6 Å². The number of rotatable bonds is 1. The Morgan fingerprint density at radius 3 is 2.60 bits per heavy atom. The summed E-state index contributed by atoms with van der Waals surface area (Å²) in [5, 5.41) is 8.98. The fourth-order valence-electron chi connectivity index (χ4n) is 0.811. The van der Waals surface area contributed by atoms with E-state index < -0.39 is 11.4 Å². The molecular weight excluding hydrogens is 132 g/mol. The van der Waals surface area contributed by atoms with Crippen molar-refractivity contribution in [3.05, 3.63) is 0 Å². The SMILES string of the molecule is CN1CC(C)(C(N)=O)N=N1. The smallest absolute Gasteiger partial charge is 0.248 e. The molecule has 10 heavy (non-hydrogen) atoms. The molecular formula is C5H10N4O. The first-order chi connectivity index (χ1) is 4.54. The van der Waals surface area contributed by atoms with Crippen LogP contribution in [0.15, 0.2) is 10.3 Å². The average Bonchev–Trinajstić information content (AvgIpc) is 2.13. The number of primary amides is 1. The fraction of sp³-hybridized carbons (Fsp3) is 0.800. The quantitative estimate of drug-likeness (QED) is 0.538. The monoisotopic (exact) mass is 142 g/mol. The molecule has 5 nitrogen and oxygen atoms in total. The molecule has 0 aliphatic carbocycles. The number of carbonyl (C=O) groups excluding carboxylic acids is 1. The van der Waals surface area contributed by atoms with Gasteiger partial charge in [-0.1, -0.05) is 5.22 Å². The Labute approximate surface area is 58.9 Å². The van der Waals surface area contributed by atoms with E-state index in [1.54, 1.807) is 19.0 Å². The molecule has 0 bridgehead atoms. The van der Waals surface area contributed by atoms with Crippen molar-refractivity contribution in [1.29, 1.82) is 0 Å². The van der Waals surface area contributed by atoms with E-state index in [2.05, 4.69) is 10.3 Å². The Balaban J connectivity index is 2.75. The molecule has 1 unspecified atom stereocenters. The van der Waals surface area contributed by atoms with Crippen LogP contribution < -0.4 is 5.73 Å². The van der Waals surface area contributed by atoms with Crippen LogP contribution >= 0.6 is 0 Å². The number of hydrogen-bond acceptors (Lipinski definition) is 4. The van der Waals surface area contributed by atoms with Crippen LogP contribution in [0.2, 0.25) is 0 Å². The van der Waals surface area contributed by atoms with E-state index in [4.69, 9.17) is 5.73 Å². The maximum atomic E-state index is 10.7. The van der Waals surface area contributed by atoms with Crippen LogP contribution in [0.5, 0.6) is 0 Å². The number of nitrogens with two attached hydrogens (primary N) is 1. The van der Waals surface area contributed by atoms with Gasteiger partial charge in [0.05, 0.1) is 6.54 Å². The third kappa shape index (κ3) is 0.940. The highest BCUT2D eigenvalue weighted by atomic mass is 16.1. The Hall–Kier alpha value is -1.13. The second-order valence-electron chi connectivity index (χ2n) is 2.64. The van der Waals surface area contributed by atoms with Gasteiger partial charge in [-0.25, -0.2) is 0 Å². The Bertz CT molecular complexity index is 190. The summed E-state index contributed by atoms with van der Waals surface area (Å²) < 4.78 is 0. The van der Waals surface area contributed by atoms with Gasteiger partial charge in [-0.2, -0.15) is 5.11 Å². The van der Waals surface area contributed by atoms with Gasteiger partial charge < -0.3 is 5.73 Å². The van der Waals surface area contributed by atoms with Crippen LogP contribution in [-0.2, 0) is 4.79 Å². The van der Waals surface area contributed by atoms with Crippen molar-refractivity contribution in [3.63, 3.8) is 0 Å². The lowest BCUT2D eigenvalue weighted by Gasteiger charge is -2.13. The lowest BCUT2D eigenvalue weighted by atomic mass is 10.0. The van der Waals surface area contributed by atoms with Gasteiger partial charge >= 0.3 is 0 Å². The first-order valence-electron chi connectivity index (χ1n) is 2.98. The molecule has 56 valence electrons. The molecule has 5 heteroatoms. The van der Waals surface area contributed by atoms with Crippen LogP contribution in [0.25, 0.3) is 0 Å². The summed E-state index contributed by atoms with van der Waals surface area (Å²) in [4.78, 5) is 10.7. The lowest BCUT2D eigenvalue weighted by Crippen LogP contribution is -2.42. The summed E-state index contributed by atoms with van der Waals surface area (Å²) in [6, 6.07) is 0. The minimum atomic E-state index is -0.811. The molecule has 1 aliphatic rings. The minimum absolute atomic E-state index is 0.430.